The zero-order chi connectivity index (χ0) is 22.5. The summed E-state index contributed by atoms with van der Waals surface area (Å²) in [5.41, 5.74) is 2.17. The van der Waals surface area contributed by atoms with Crippen LogP contribution < -0.4 is 4.90 Å². The number of ether oxygens (including phenoxy) is 2. The zero-order valence-electron chi connectivity index (χ0n) is 19.5. The van der Waals surface area contributed by atoms with Crippen molar-refractivity contribution in [1.29, 1.82) is 0 Å². The Morgan fingerprint density at radius 3 is 2.69 bits per heavy atom. The van der Waals surface area contributed by atoms with Gasteiger partial charge in [-0.25, -0.2) is 14.8 Å². The fourth-order valence-corrected chi connectivity index (χ4v) is 4.78. The summed E-state index contributed by atoms with van der Waals surface area (Å²) >= 11 is 0. The first-order valence-electron chi connectivity index (χ1n) is 11.8. The highest BCUT2D eigenvalue weighted by Gasteiger charge is 2.27. The normalized spacial score (nSPS) is 20.0. The molecule has 0 N–H and O–H groups in total. The fourth-order valence-electron chi connectivity index (χ4n) is 4.78. The first-order valence-corrected chi connectivity index (χ1v) is 11.8. The van der Waals surface area contributed by atoms with E-state index in [1.54, 1.807) is 12.0 Å². The van der Waals surface area contributed by atoms with Crippen LogP contribution >= 0.6 is 0 Å². The fraction of sp³-hybridized carbons (Fsp3) is 0.625. The van der Waals surface area contributed by atoms with Gasteiger partial charge in [0.05, 0.1) is 25.3 Å². The number of nitrogens with zero attached hydrogens (tertiary/aromatic N) is 5. The van der Waals surface area contributed by atoms with Gasteiger partial charge in [-0.3, -0.25) is 4.90 Å². The molecule has 2 fully saturated rings. The Bertz CT molecular complexity index is 927. The quantitative estimate of drug-likeness (QED) is 0.682. The number of aryl methyl sites for hydroxylation is 1. The number of fused-ring (bicyclic) bond motifs is 1. The van der Waals surface area contributed by atoms with Crippen molar-refractivity contribution >= 4 is 22.8 Å². The van der Waals surface area contributed by atoms with Gasteiger partial charge in [0.25, 0.3) is 0 Å². The summed E-state index contributed by atoms with van der Waals surface area (Å²) in [6, 6.07) is 6.70. The van der Waals surface area contributed by atoms with E-state index in [2.05, 4.69) is 34.9 Å². The van der Waals surface area contributed by atoms with E-state index in [1.807, 2.05) is 6.92 Å². The van der Waals surface area contributed by atoms with Crippen molar-refractivity contribution in [3.8, 4) is 0 Å². The monoisotopic (exact) mass is 441 g/mol. The molecule has 2 aliphatic heterocycles. The molecule has 0 spiro atoms. The van der Waals surface area contributed by atoms with Crippen LogP contribution in [-0.4, -0.2) is 85.0 Å². The molecule has 0 saturated carbocycles. The minimum Gasteiger partial charge on any atom is -0.450 e. The van der Waals surface area contributed by atoms with Crippen LogP contribution in [0.3, 0.4) is 0 Å². The van der Waals surface area contributed by atoms with Gasteiger partial charge in [-0.15, -0.1) is 0 Å². The number of anilines is 1. The van der Waals surface area contributed by atoms with Crippen LogP contribution in [-0.2, 0) is 16.0 Å². The second kappa shape index (κ2) is 10.4. The summed E-state index contributed by atoms with van der Waals surface area (Å²) in [5, 5.41) is 1.07. The molecule has 3 heterocycles. The van der Waals surface area contributed by atoms with Crippen molar-refractivity contribution in [3.05, 3.63) is 29.6 Å². The van der Waals surface area contributed by atoms with E-state index in [1.165, 1.54) is 12.8 Å². The lowest BCUT2D eigenvalue weighted by molar-refractivity contribution is 0.0584. The molecule has 0 unspecified atom stereocenters. The Kier molecular flexibility index (Phi) is 7.42. The molecule has 2 saturated heterocycles. The van der Waals surface area contributed by atoms with E-state index in [4.69, 9.17) is 19.4 Å². The summed E-state index contributed by atoms with van der Waals surface area (Å²) < 4.78 is 10.6. The van der Waals surface area contributed by atoms with E-state index in [9.17, 15) is 4.79 Å². The molecular weight excluding hydrogens is 406 g/mol. The number of carbonyl (C=O) groups is 1. The van der Waals surface area contributed by atoms with Gasteiger partial charge in [0.1, 0.15) is 11.6 Å². The number of amides is 1. The van der Waals surface area contributed by atoms with Crippen LogP contribution in [0.2, 0.25) is 0 Å². The molecular formula is C24H35N5O3. The number of rotatable bonds is 6. The third-order valence-electron chi connectivity index (χ3n) is 6.51. The van der Waals surface area contributed by atoms with Gasteiger partial charge in [-0.05, 0) is 44.9 Å². The van der Waals surface area contributed by atoms with Gasteiger partial charge in [0.15, 0.2) is 0 Å². The highest BCUT2D eigenvalue weighted by atomic mass is 16.6. The first-order chi connectivity index (χ1) is 15.6. The number of para-hydroxylation sites is 1. The Hall–Kier alpha value is -2.45. The van der Waals surface area contributed by atoms with Gasteiger partial charge in [0.2, 0.25) is 0 Å². The number of likely N-dealkylation sites (tertiary alicyclic amines) is 1. The van der Waals surface area contributed by atoms with Gasteiger partial charge in [0, 0.05) is 44.7 Å². The maximum Gasteiger partial charge on any atom is 0.409 e. The van der Waals surface area contributed by atoms with Crippen molar-refractivity contribution in [2.45, 2.75) is 45.7 Å². The van der Waals surface area contributed by atoms with Crippen molar-refractivity contribution in [1.82, 2.24) is 19.8 Å². The smallest absolute Gasteiger partial charge is 0.409 e. The lowest BCUT2D eigenvalue weighted by atomic mass is 10.0. The predicted molar refractivity (Wildman–Crippen MR) is 125 cm³/mol. The number of methoxy groups -OCH3 is 1. The number of hydrogen-bond acceptors (Lipinski definition) is 7. The molecule has 0 bridgehead atoms. The molecule has 1 aromatic carbocycles. The zero-order valence-corrected chi connectivity index (χ0v) is 19.5. The van der Waals surface area contributed by atoms with Crippen LogP contribution in [0.4, 0.5) is 10.6 Å². The highest BCUT2D eigenvalue weighted by Crippen LogP contribution is 2.28. The molecule has 8 heteroatoms. The lowest BCUT2D eigenvalue weighted by Crippen LogP contribution is -2.49. The van der Waals surface area contributed by atoms with Crippen LogP contribution in [0.1, 0.15) is 37.6 Å². The number of piperazine rings is 1. The Morgan fingerprint density at radius 1 is 1.12 bits per heavy atom. The number of hydrogen-bond donors (Lipinski definition) is 0. The second-order valence-corrected chi connectivity index (χ2v) is 8.68. The summed E-state index contributed by atoms with van der Waals surface area (Å²) in [6.07, 6.45) is 3.38. The molecule has 0 aliphatic carbocycles. The molecule has 4 rings (SSSR count). The maximum absolute atomic E-state index is 12.1. The Morgan fingerprint density at radius 2 is 1.94 bits per heavy atom. The largest absolute Gasteiger partial charge is 0.450 e. The van der Waals surface area contributed by atoms with E-state index >= 15 is 0 Å². The summed E-state index contributed by atoms with van der Waals surface area (Å²) in [4.78, 5) is 28.7. The van der Waals surface area contributed by atoms with Crippen molar-refractivity contribution in [2.24, 2.45) is 0 Å². The third kappa shape index (κ3) is 4.96. The predicted octanol–water partition coefficient (Wildman–Crippen LogP) is 3.22. The average molecular weight is 442 g/mol. The number of benzene rings is 1. The SMILES string of the molecule is CCOC(=O)N1CCN(c2nc(CN3CCCC[C@@H]3COC)nc3c(C)cccc23)CC1. The maximum atomic E-state index is 12.1. The summed E-state index contributed by atoms with van der Waals surface area (Å²) in [6.45, 7) is 9.60. The van der Waals surface area contributed by atoms with Gasteiger partial charge in [-0.1, -0.05) is 18.6 Å². The highest BCUT2D eigenvalue weighted by molar-refractivity contribution is 5.91. The van der Waals surface area contributed by atoms with E-state index in [-0.39, 0.29) is 6.09 Å². The molecule has 0 radical (unpaired) electrons. The topological polar surface area (TPSA) is 71.0 Å². The average Bonchev–Trinajstić information content (AvgIpc) is 2.81. The molecule has 8 nitrogen and oxygen atoms in total. The van der Waals surface area contributed by atoms with E-state index in [0.717, 1.165) is 67.3 Å². The van der Waals surface area contributed by atoms with E-state index in [0.29, 0.717) is 25.7 Å². The van der Waals surface area contributed by atoms with Crippen molar-refractivity contribution < 1.29 is 14.3 Å². The molecule has 2 aromatic rings. The first kappa shape index (κ1) is 22.7. The standard InChI is InChI=1S/C24H35N5O3/c1-4-32-24(30)28-14-12-27(13-15-28)23-20-10-7-8-18(2)22(20)25-21(26-23)16-29-11-6-5-9-19(29)17-31-3/h7-8,10,19H,4-6,9,11-17H2,1-3H3/t19-/m1/s1. The molecule has 2 aliphatic rings. The number of aromatic nitrogens is 2. The Labute approximate surface area is 190 Å². The molecule has 32 heavy (non-hydrogen) atoms. The van der Waals surface area contributed by atoms with Crippen LogP contribution in [0.5, 0.6) is 0 Å². The number of carbonyl (C=O) groups excluding carboxylic acids is 1. The molecule has 1 atom stereocenters. The van der Waals surface area contributed by atoms with Crippen LogP contribution in [0, 0.1) is 6.92 Å². The van der Waals surface area contributed by atoms with Crippen LogP contribution in [0.15, 0.2) is 18.2 Å². The Balaban J connectivity index is 1.59. The van der Waals surface area contributed by atoms with Gasteiger partial charge in [-0.2, -0.15) is 0 Å². The van der Waals surface area contributed by atoms with Crippen LogP contribution in [0.25, 0.3) is 10.9 Å². The molecule has 1 amide bonds. The lowest BCUT2D eigenvalue weighted by Gasteiger charge is -2.36. The molecule has 1 aromatic heterocycles. The van der Waals surface area contributed by atoms with Gasteiger partial charge >= 0.3 is 6.09 Å². The summed E-state index contributed by atoms with van der Waals surface area (Å²) in [5.74, 6) is 1.83. The van der Waals surface area contributed by atoms with Crippen molar-refractivity contribution in [3.63, 3.8) is 0 Å². The van der Waals surface area contributed by atoms with E-state index < -0.39 is 0 Å². The molecule has 174 valence electrons. The minimum atomic E-state index is -0.231. The minimum absolute atomic E-state index is 0.231. The number of piperidine rings is 1. The van der Waals surface area contributed by atoms with Crippen molar-refractivity contribution in [2.75, 3.05) is 57.9 Å². The second-order valence-electron chi connectivity index (χ2n) is 8.68. The summed E-state index contributed by atoms with van der Waals surface area (Å²) in [7, 11) is 1.77. The third-order valence-corrected chi connectivity index (χ3v) is 6.51. The van der Waals surface area contributed by atoms with Gasteiger partial charge < -0.3 is 19.3 Å².